The Morgan fingerprint density at radius 3 is 0.143 bits per heavy atom. The second-order valence-corrected chi connectivity index (χ2v) is 0. The van der Waals surface area contributed by atoms with E-state index in [2.05, 4.69) is 0 Å². The Morgan fingerprint density at radius 2 is 0.143 bits per heavy atom. The molecule has 0 saturated carbocycles. The van der Waals surface area contributed by atoms with E-state index in [0.717, 1.165) is 0 Å². The third-order valence-electron chi connectivity index (χ3n) is 0. The molecule has 3 nitrogen and oxygen atoms in total. The van der Waals surface area contributed by atoms with Gasteiger partial charge >= 0.3 is 565 Å². The van der Waals surface area contributed by atoms with Crippen molar-refractivity contribution in [3.05, 3.63) is 0 Å². The van der Waals surface area contributed by atoms with Crippen LogP contribution in [0, 0.1) is 0 Å². The predicted octanol–water partition coefficient (Wildman–Crippen LogP) is -9.61. The molecule has 0 spiro atoms. The molecule has 0 aromatic rings. The number of hydrogen-bond acceptors (Lipinski definition) is 0. The molecule has 0 fully saturated rings. The summed E-state index contributed by atoms with van der Waals surface area (Å²) >= 11 is 0. The molecule has 0 atom stereocenters. The summed E-state index contributed by atoms with van der Waals surface area (Å²) in [5.41, 5.74) is 0. The molecule has 0 rings (SSSR count). The first-order valence-electron chi connectivity index (χ1n) is 0. The fourth-order valence-corrected chi connectivity index (χ4v) is 0. The molecule has 14 heteroatoms. The van der Waals surface area contributed by atoms with Crippen molar-refractivity contribution in [3.63, 3.8) is 0 Å². The Labute approximate surface area is 556 Å². The molecule has 0 aliphatic heterocycles. The van der Waals surface area contributed by atoms with Gasteiger partial charge < -0.3 is 16.4 Å². The number of hydrogen-bond donors (Lipinski definition) is 0. The summed E-state index contributed by atoms with van der Waals surface area (Å²) in [5, 5.41) is 0. The van der Waals surface area contributed by atoms with Crippen molar-refractivity contribution < 1.29 is 16.4 Å². The van der Waals surface area contributed by atoms with Crippen molar-refractivity contribution in [2.45, 2.75) is 0 Å². The Hall–Kier alpha value is 17.9. The molecule has 6 N–H and O–H groups in total. The number of rotatable bonds is 0. The van der Waals surface area contributed by atoms with Crippen LogP contribution in [0.3, 0.4) is 0 Å². The summed E-state index contributed by atoms with van der Waals surface area (Å²) in [6, 6.07) is 0. The van der Waals surface area contributed by atoms with Gasteiger partial charge in [-0.2, -0.15) is 0 Å². The molecule has 0 bridgehead atoms. The van der Waals surface area contributed by atoms with Gasteiger partial charge in [-0.1, -0.05) is 0 Å². The molecule has 0 unspecified atom stereocenters. The van der Waals surface area contributed by atoms with E-state index in [-0.39, 0.29) is 582 Å². The molecule has 0 heterocycles. The molecule has 0 aromatic carbocycles. The summed E-state index contributed by atoms with van der Waals surface area (Å²) in [4.78, 5) is 0. The van der Waals surface area contributed by atoms with Gasteiger partial charge in [-0.3, -0.25) is 0 Å². The minimum atomic E-state index is 0. The second kappa shape index (κ2) is 86.2. The van der Waals surface area contributed by atoms with Crippen LogP contribution >= 0.6 is 0 Å². The summed E-state index contributed by atoms with van der Waals surface area (Å²) in [7, 11) is 0. The van der Waals surface area contributed by atoms with E-state index in [1.165, 1.54) is 0 Å². The molecule has 0 aromatic heterocycles. The van der Waals surface area contributed by atoms with Crippen LogP contribution in [0.25, 0.3) is 0 Å². The van der Waals surface area contributed by atoms with Crippen molar-refractivity contribution in [3.8, 4) is 0 Å². The third kappa shape index (κ3) is 78.0. The first kappa shape index (κ1) is 95.1. The van der Waals surface area contributed by atoms with Crippen molar-refractivity contribution >= 4 is 565 Å². The molecule has 0 saturated heterocycles. The monoisotopic (exact) mass is 494 g/mol. The Balaban J connectivity index is 0. The summed E-state index contributed by atoms with van der Waals surface area (Å²) in [6.45, 7) is 0. The average Bonchev–Trinajstić information content (AvgIpc) is 0. The van der Waals surface area contributed by atoms with E-state index in [4.69, 9.17) is 0 Å². The fourth-order valence-electron chi connectivity index (χ4n) is 0. The molecule has 46 valence electrons. The van der Waals surface area contributed by atoms with Gasteiger partial charge in [-0.15, -0.1) is 0 Å². The van der Waals surface area contributed by atoms with Gasteiger partial charge in [-0.25, -0.2) is 0 Å². The van der Waals surface area contributed by atoms with Crippen LogP contribution in [-0.4, -0.2) is 582 Å². The van der Waals surface area contributed by atoms with Crippen LogP contribution in [-0.2, 0) is 0 Å². The van der Waals surface area contributed by atoms with Gasteiger partial charge in [-0.05, 0) is 0 Å². The van der Waals surface area contributed by atoms with Crippen molar-refractivity contribution in [1.82, 2.24) is 0 Å². The van der Waals surface area contributed by atoms with Gasteiger partial charge in [0.2, 0.25) is 0 Å². The summed E-state index contributed by atoms with van der Waals surface area (Å²) in [5.74, 6) is 0. The zero-order chi connectivity index (χ0) is 0. The van der Waals surface area contributed by atoms with Crippen molar-refractivity contribution in [2.75, 3.05) is 0 Å². The predicted molar refractivity (Wildman–Crippen MR) is 89.5 cm³/mol. The minimum absolute atomic E-state index is 0. The quantitative estimate of drug-likeness (QED) is 0.299. The second-order valence-electron chi connectivity index (χ2n) is 0. The Bertz CT molecular complexity index is 10.5. The van der Waals surface area contributed by atoms with E-state index < -0.39 is 0 Å². The first-order valence-corrected chi connectivity index (χ1v) is 0. The third-order valence-corrected chi connectivity index (χ3v) is 0. The molecule has 14 heavy (non-hydrogen) atoms. The molecule has 0 aliphatic rings. The molecule has 0 aliphatic carbocycles. The molecule has 0 radical (unpaired) electrons. The van der Waals surface area contributed by atoms with E-state index in [0.29, 0.717) is 0 Å². The van der Waals surface area contributed by atoms with Crippen molar-refractivity contribution in [1.29, 1.82) is 0 Å². The van der Waals surface area contributed by atoms with Crippen LogP contribution < -0.4 is 0 Å². The van der Waals surface area contributed by atoms with Crippen LogP contribution in [0.1, 0.15) is 0 Å². The molecular weight excluding hydrogens is 478 g/mol. The zero-order valence-corrected chi connectivity index (χ0v) is 1.50. The van der Waals surface area contributed by atoms with E-state index in [1.807, 2.05) is 0 Å². The van der Waals surface area contributed by atoms with Gasteiger partial charge in [0.1, 0.15) is 0 Å². The van der Waals surface area contributed by atoms with Crippen LogP contribution in [0.4, 0.5) is 0 Å². The van der Waals surface area contributed by atoms with Crippen LogP contribution in [0.15, 0.2) is 0 Å². The van der Waals surface area contributed by atoms with E-state index >= 15 is 0 Å². The maximum absolute atomic E-state index is 0. The maximum atomic E-state index is 0. The van der Waals surface area contributed by atoms with Crippen molar-refractivity contribution in [2.24, 2.45) is 0 Å². The van der Waals surface area contributed by atoms with Crippen LogP contribution in [0.2, 0.25) is 0 Å². The van der Waals surface area contributed by atoms with Gasteiger partial charge in [0, 0.05) is 0 Å². The Morgan fingerprint density at radius 1 is 0.143 bits per heavy atom. The SMILES string of the molecule is O.O.O.[KH].[KH].[KH].[KH].[KH].[KH].[KH].[KH].[KH].[KH].[KH]. The van der Waals surface area contributed by atoms with Gasteiger partial charge in [0.25, 0.3) is 0 Å². The van der Waals surface area contributed by atoms with E-state index in [1.54, 1.807) is 0 Å². The normalized spacial score (nSPS) is 0. The van der Waals surface area contributed by atoms with E-state index in [9.17, 15) is 0 Å². The average molecular weight is 495 g/mol. The van der Waals surface area contributed by atoms with Crippen LogP contribution in [0.5, 0.6) is 0 Å². The first-order chi connectivity index (χ1) is 0. The topological polar surface area (TPSA) is 94.5 Å². The standard InChI is InChI=1S/11K.3H2O.11H/h;;;;;;;;;;;3*1H2;;;;;;;;;;;. The Kier molecular flexibility index (Phi) is 586. The zero-order valence-electron chi connectivity index (χ0n) is 1.50. The summed E-state index contributed by atoms with van der Waals surface area (Å²) in [6.07, 6.45) is 0. The van der Waals surface area contributed by atoms with Gasteiger partial charge in [0.15, 0.2) is 0 Å². The van der Waals surface area contributed by atoms with Gasteiger partial charge in [0.05, 0.1) is 0 Å². The molecule has 0 amide bonds. The summed E-state index contributed by atoms with van der Waals surface area (Å²) < 4.78 is 0. The molecular formula is H17K11O3. The fraction of sp³-hybridized carbons (Fsp3) is 0.